The number of fused-ring (bicyclic) bond motifs is 2. The maximum Gasteiger partial charge on any atom is 0.234 e. The molecule has 0 spiro atoms. The van der Waals surface area contributed by atoms with E-state index >= 15 is 0 Å². The first kappa shape index (κ1) is 17.7. The summed E-state index contributed by atoms with van der Waals surface area (Å²) in [4.78, 5) is 14.5. The zero-order valence-corrected chi connectivity index (χ0v) is 15.4. The van der Waals surface area contributed by atoms with E-state index in [2.05, 4.69) is 5.32 Å². The molecule has 0 fully saturated rings. The minimum absolute atomic E-state index is 0.00476. The molecule has 2 aliphatic heterocycles. The predicted octanol–water partition coefficient (Wildman–Crippen LogP) is 2.53. The lowest BCUT2D eigenvalue weighted by molar-refractivity contribution is -0.123. The van der Waals surface area contributed by atoms with Crippen molar-refractivity contribution in [1.82, 2.24) is 10.2 Å². The van der Waals surface area contributed by atoms with Crippen molar-refractivity contribution >= 4 is 5.91 Å². The molecule has 142 valence electrons. The molecule has 0 radical (unpaired) electrons. The Balaban J connectivity index is 1.33. The van der Waals surface area contributed by atoms with Crippen LogP contribution in [0, 0.1) is 0 Å². The van der Waals surface area contributed by atoms with E-state index in [-0.39, 0.29) is 11.9 Å². The molecule has 1 unspecified atom stereocenters. The number of hydrogen-bond acceptors (Lipinski definition) is 5. The third-order valence-corrected chi connectivity index (χ3v) is 4.77. The summed E-state index contributed by atoms with van der Waals surface area (Å²) in [5, 5.41) is 3.14. The van der Waals surface area contributed by atoms with Gasteiger partial charge in [-0.3, -0.25) is 9.69 Å². The monoisotopic (exact) mass is 368 g/mol. The Morgan fingerprint density at radius 2 is 1.81 bits per heavy atom. The Labute approximate surface area is 159 Å². The lowest BCUT2D eigenvalue weighted by atomic mass is 10.0. The molecule has 0 saturated carbocycles. The number of nitrogens with one attached hydrogen (secondary N) is 1. The van der Waals surface area contributed by atoms with Gasteiger partial charge in [0, 0.05) is 18.5 Å². The molecule has 1 N–H and O–H groups in total. The fraction of sp³-hybridized carbons (Fsp3) is 0.381. The smallest absolute Gasteiger partial charge is 0.234 e. The van der Waals surface area contributed by atoms with Crippen LogP contribution in [-0.4, -0.2) is 44.2 Å². The number of rotatable bonds is 5. The molecule has 2 aromatic rings. The number of benzene rings is 2. The molecule has 4 rings (SSSR count). The van der Waals surface area contributed by atoms with Gasteiger partial charge < -0.3 is 19.5 Å². The Kier molecular flexibility index (Phi) is 5.16. The molecule has 0 aliphatic carbocycles. The molecule has 1 atom stereocenters. The topological polar surface area (TPSA) is 60.0 Å². The average molecular weight is 368 g/mol. The number of hydrogen-bond donors (Lipinski definition) is 1. The van der Waals surface area contributed by atoms with Crippen LogP contribution in [0.1, 0.15) is 23.6 Å². The molecule has 6 heteroatoms. The van der Waals surface area contributed by atoms with Crippen LogP contribution in [0.5, 0.6) is 17.2 Å². The number of ether oxygens (including phenoxy) is 3. The fourth-order valence-electron chi connectivity index (χ4n) is 3.53. The quantitative estimate of drug-likeness (QED) is 0.879. The lowest BCUT2D eigenvalue weighted by Gasteiger charge is -2.27. The number of para-hydroxylation sites is 1. The molecule has 0 bridgehead atoms. The molecule has 0 saturated heterocycles. The van der Waals surface area contributed by atoms with E-state index in [4.69, 9.17) is 14.2 Å². The van der Waals surface area contributed by atoms with Gasteiger partial charge in [-0.1, -0.05) is 24.3 Å². The molecule has 6 nitrogen and oxygen atoms in total. The number of nitrogens with zero attached hydrogens (tertiary/aromatic N) is 1. The largest absolute Gasteiger partial charge is 0.493 e. The van der Waals surface area contributed by atoms with Crippen LogP contribution in [0.3, 0.4) is 0 Å². The molecule has 2 aromatic carbocycles. The van der Waals surface area contributed by atoms with E-state index in [1.807, 2.05) is 54.4 Å². The van der Waals surface area contributed by atoms with Gasteiger partial charge in [-0.15, -0.1) is 0 Å². The van der Waals surface area contributed by atoms with E-state index in [0.29, 0.717) is 32.9 Å². The third kappa shape index (κ3) is 4.17. The Bertz CT molecular complexity index is 824. The van der Waals surface area contributed by atoms with Crippen LogP contribution in [0.15, 0.2) is 42.5 Å². The standard InChI is InChI=1S/C21H24N2O4/c1-23(13-15-6-7-19-20(12-15)27-11-10-26-19)14-21(24)22-17-8-9-25-18-5-3-2-4-16(17)18/h2-7,12,17H,8-11,13-14H2,1H3,(H,22,24). The van der Waals surface area contributed by atoms with Crippen LogP contribution < -0.4 is 19.5 Å². The van der Waals surface area contributed by atoms with Crippen molar-refractivity contribution in [2.75, 3.05) is 33.4 Å². The average Bonchev–Trinajstić information content (AvgIpc) is 2.68. The van der Waals surface area contributed by atoms with Crippen molar-refractivity contribution in [2.45, 2.75) is 19.0 Å². The number of amides is 1. The van der Waals surface area contributed by atoms with Gasteiger partial charge in [-0.05, 0) is 30.8 Å². The van der Waals surface area contributed by atoms with Crippen molar-refractivity contribution in [3.63, 3.8) is 0 Å². The van der Waals surface area contributed by atoms with Gasteiger partial charge in [0.15, 0.2) is 11.5 Å². The van der Waals surface area contributed by atoms with E-state index in [1.54, 1.807) is 0 Å². The highest BCUT2D eigenvalue weighted by atomic mass is 16.6. The van der Waals surface area contributed by atoms with Crippen molar-refractivity contribution in [3.05, 3.63) is 53.6 Å². The van der Waals surface area contributed by atoms with E-state index in [0.717, 1.165) is 34.8 Å². The van der Waals surface area contributed by atoms with E-state index in [9.17, 15) is 4.79 Å². The first-order valence-corrected chi connectivity index (χ1v) is 9.27. The van der Waals surface area contributed by atoms with Crippen molar-refractivity contribution in [3.8, 4) is 17.2 Å². The Hall–Kier alpha value is -2.73. The zero-order valence-electron chi connectivity index (χ0n) is 15.4. The summed E-state index contributed by atoms with van der Waals surface area (Å²) < 4.78 is 16.8. The minimum atomic E-state index is 0.00476. The normalized spacial score (nSPS) is 17.8. The molecule has 1 amide bonds. The number of likely N-dealkylation sites (N-methyl/N-ethyl adjacent to an activating group) is 1. The maximum atomic E-state index is 12.5. The van der Waals surface area contributed by atoms with Crippen molar-refractivity contribution in [2.24, 2.45) is 0 Å². The molecule has 2 aliphatic rings. The maximum absolute atomic E-state index is 12.5. The van der Waals surface area contributed by atoms with Gasteiger partial charge in [-0.25, -0.2) is 0 Å². The second-order valence-electron chi connectivity index (χ2n) is 6.95. The summed E-state index contributed by atoms with van der Waals surface area (Å²) in [6, 6.07) is 13.8. The van der Waals surface area contributed by atoms with Gasteiger partial charge in [0.25, 0.3) is 0 Å². The molecule has 0 aromatic heterocycles. The summed E-state index contributed by atoms with van der Waals surface area (Å²) in [7, 11) is 1.94. The molecule has 27 heavy (non-hydrogen) atoms. The second kappa shape index (κ2) is 7.88. The Morgan fingerprint density at radius 1 is 1.04 bits per heavy atom. The highest BCUT2D eigenvalue weighted by Gasteiger charge is 2.23. The number of carbonyl (C=O) groups is 1. The van der Waals surface area contributed by atoms with Crippen molar-refractivity contribution in [1.29, 1.82) is 0 Å². The first-order chi connectivity index (χ1) is 13.2. The van der Waals surface area contributed by atoms with Gasteiger partial charge in [0.1, 0.15) is 19.0 Å². The number of carbonyl (C=O) groups excluding carboxylic acids is 1. The summed E-state index contributed by atoms with van der Waals surface area (Å²) in [5.41, 5.74) is 2.14. The first-order valence-electron chi connectivity index (χ1n) is 9.27. The van der Waals surface area contributed by atoms with Crippen molar-refractivity contribution < 1.29 is 19.0 Å². The highest BCUT2D eigenvalue weighted by molar-refractivity contribution is 5.78. The van der Waals surface area contributed by atoms with Crippen LogP contribution in [-0.2, 0) is 11.3 Å². The van der Waals surface area contributed by atoms with E-state index in [1.165, 1.54) is 0 Å². The van der Waals surface area contributed by atoms with Crippen LogP contribution in [0.4, 0.5) is 0 Å². The van der Waals surface area contributed by atoms with E-state index < -0.39 is 0 Å². The minimum Gasteiger partial charge on any atom is -0.493 e. The van der Waals surface area contributed by atoms with Crippen LogP contribution in [0.2, 0.25) is 0 Å². The molecular weight excluding hydrogens is 344 g/mol. The second-order valence-corrected chi connectivity index (χ2v) is 6.95. The third-order valence-electron chi connectivity index (χ3n) is 4.77. The predicted molar refractivity (Wildman–Crippen MR) is 101 cm³/mol. The van der Waals surface area contributed by atoms with Crippen LogP contribution >= 0.6 is 0 Å². The molecular formula is C21H24N2O4. The zero-order chi connectivity index (χ0) is 18.6. The SMILES string of the molecule is CN(CC(=O)NC1CCOc2ccccc21)Cc1ccc2c(c1)OCCO2. The van der Waals surface area contributed by atoms with Gasteiger partial charge in [0.05, 0.1) is 19.2 Å². The summed E-state index contributed by atoms with van der Waals surface area (Å²) in [6.07, 6.45) is 0.786. The fourth-order valence-corrected chi connectivity index (χ4v) is 3.53. The highest BCUT2D eigenvalue weighted by Crippen LogP contribution is 2.32. The lowest BCUT2D eigenvalue weighted by Crippen LogP contribution is -2.38. The summed E-state index contributed by atoms with van der Waals surface area (Å²) in [5.74, 6) is 2.43. The summed E-state index contributed by atoms with van der Waals surface area (Å²) in [6.45, 7) is 2.76. The summed E-state index contributed by atoms with van der Waals surface area (Å²) >= 11 is 0. The van der Waals surface area contributed by atoms with Gasteiger partial charge in [-0.2, -0.15) is 0 Å². The van der Waals surface area contributed by atoms with Gasteiger partial charge in [0.2, 0.25) is 5.91 Å². The Morgan fingerprint density at radius 3 is 2.70 bits per heavy atom. The van der Waals surface area contributed by atoms with Gasteiger partial charge >= 0.3 is 0 Å². The molecule has 2 heterocycles. The van der Waals surface area contributed by atoms with Crippen LogP contribution in [0.25, 0.3) is 0 Å².